The number of carbonyl (C=O) groups is 1. The molecule has 1 fully saturated rings. The fraction of sp³-hybridized carbons (Fsp3) is 0.615. The third-order valence-electron chi connectivity index (χ3n) is 3.88. The van der Waals surface area contributed by atoms with Crippen molar-refractivity contribution in [1.82, 2.24) is 15.3 Å². The number of nitrogens with zero attached hydrogens (tertiary/aromatic N) is 2. The van der Waals surface area contributed by atoms with Gasteiger partial charge in [-0.3, -0.25) is 4.79 Å². The van der Waals surface area contributed by atoms with E-state index < -0.39 is 18.3 Å². The van der Waals surface area contributed by atoms with Crippen molar-refractivity contribution in [3.8, 4) is 0 Å². The Morgan fingerprint density at radius 2 is 1.71 bits per heavy atom. The molecule has 2 N–H and O–H groups in total. The Bertz CT molecular complexity index is 503. The first-order valence-corrected chi connectivity index (χ1v) is 6.87. The van der Waals surface area contributed by atoms with Gasteiger partial charge in [-0.05, 0) is 27.7 Å². The lowest BCUT2D eigenvalue weighted by Gasteiger charge is -2.32. The maximum atomic E-state index is 11.1. The molecule has 2 rings (SSSR count). The van der Waals surface area contributed by atoms with Crippen LogP contribution in [-0.4, -0.2) is 47.8 Å². The quantitative estimate of drug-likeness (QED) is 0.756. The second kappa shape index (κ2) is 5.61. The van der Waals surface area contributed by atoms with Crippen molar-refractivity contribution in [2.24, 2.45) is 0 Å². The molecule has 7 nitrogen and oxygen atoms in total. The summed E-state index contributed by atoms with van der Waals surface area (Å²) in [4.78, 5) is 19.5. The van der Waals surface area contributed by atoms with Crippen molar-refractivity contribution in [3.63, 3.8) is 0 Å². The van der Waals surface area contributed by atoms with Gasteiger partial charge in [0.25, 0.3) is 0 Å². The van der Waals surface area contributed by atoms with Crippen LogP contribution in [0.2, 0.25) is 0 Å². The zero-order chi connectivity index (χ0) is 15.7. The van der Waals surface area contributed by atoms with E-state index in [4.69, 9.17) is 9.31 Å². The van der Waals surface area contributed by atoms with Crippen molar-refractivity contribution in [2.75, 3.05) is 18.9 Å². The van der Waals surface area contributed by atoms with Crippen LogP contribution in [0.4, 0.5) is 5.95 Å². The van der Waals surface area contributed by atoms with Crippen molar-refractivity contribution in [3.05, 3.63) is 12.4 Å². The first-order valence-electron chi connectivity index (χ1n) is 6.87. The topological polar surface area (TPSA) is 85.4 Å². The van der Waals surface area contributed by atoms with Crippen LogP contribution in [0.1, 0.15) is 27.7 Å². The summed E-state index contributed by atoms with van der Waals surface area (Å²) in [6, 6.07) is 0. The molecule has 8 heteroatoms. The molecule has 21 heavy (non-hydrogen) atoms. The smallest absolute Gasteiger partial charge is 0.399 e. The monoisotopic (exact) mass is 292 g/mol. The predicted octanol–water partition coefficient (Wildman–Crippen LogP) is -0.0663. The summed E-state index contributed by atoms with van der Waals surface area (Å²) < 4.78 is 11.8. The van der Waals surface area contributed by atoms with Gasteiger partial charge in [-0.25, -0.2) is 9.97 Å². The molecule has 1 aliphatic rings. The van der Waals surface area contributed by atoms with E-state index >= 15 is 0 Å². The van der Waals surface area contributed by atoms with Crippen LogP contribution in [0.25, 0.3) is 0 Å². The summed E-state index contributed by atoms with van der Waals surface area (Å²) in [5, 5.41) is 5.34. The number of hydrogen-bond donors (Lipinski definition) is 2. The van der Waals surface area contributed by atoms with Crippen LogP contribution < -0.4 is 16.1 Å². The lowest BCUT2D eigenvalue weighted by molar-refractivity contribution is -0.118. The van der Waals surface area contributed by atoms with Gasteiger partial charge in [0.15, 0.2) is 0 Å². The summed E-state index contributed by atoms with van der Waals surface area (Å²) in [6.45, 7) is 8.10. The average molecular weight is 292 g/mol. The normalized spacial score (nSPS) is 19.4. The highest BCUT2D eigenvalue weighted by Crippen LogP contribution is 2.36. The highest BCUT2D eigenvalue weighted by Gasteiger charge is 2.51. The van der Waals surface area contributed by atoms with Gasteiger partial charge in [0, 0.05) is 24.9 Å². The van der Waals surface area contributed by atoms with Crippen molar-refractivity contribution in [1.29, 1.82) is 0 Å². The van der Waals surface area contributed by atoms with E-state index in [0.29, 0.717) is 5.95 Å². The molecule has 0 atom stereocenters. The van der Waals surface area contributed by atoms with Crippen LogP contribution >= 0.6 is 0 Å². The molecule has 1 aliphatic heterocycles. The molecular weight excluding hydrogens is 271 g/mol. The minimum atomic E-state index is -0.483. The molecule has 114 valence electrons. The lowest BCUT2D eigenvalue weighted by atomic mass is 9.81. The fourth-order valence-corrected chi connectivity index (χ4v) is 1.78. The molecule has 1 aromatic rings. The second-order valence-electron chi connectivity index (χ2n) is 5.95. The maximum Gasteiger partial charge on any atom is 0.498 e. The second-order valence-corrected chi connectivity index (χ2v) is 5.95. The zero-order valence-electron chi connectivity index (χ0n) is 13.1. The van der Waals surface area contributed by atoms with E-state index in [0.717, 1.165) is 5.46 Å². The summed E-state index contributed by atoms with van der Waals surface area (Å²) in [7, 11) is 1.09. The van der Waals surface area contributed by atoms with Crippen LogP contribution in [0.3, 0.4) is 0 Å². The highest BCUT2D eigenvalue weighted by atomic mass is 16.7. The Kier molecular flexibility index (Phi) is 4.20. The van der Waals surface area contributed by atoms with Crippen LogP contribution in [0.5, 0.6) is 0 Å². The third-order valence-corrected chi connectivity index (χ3v) is 3.88. The molecule has 0 aliphatic carbocycles. The summed E-state index contributed by atoms with van der Waals surface area (Å²) in [5.41, 5.74) is -0.0409. The van der Waals surface area contributed by atoms with E-state index in [2.05, 4.69) is 20.6 Å². The van der Waals surface area contributed by atoms with E-state index in [1.165, 1.54) is 0 Å². The first-order chi connectivity index (χ1) is 9.75. The number of aromatic nitrogens is 2. The first kappa shape index (κ1) is 15.7. The van der Waals surface area contributed by atoms with E-state index in [1.807, 2.05) is 27.7 Å². The van der Waals surface area contributed by atoms with Gasteiger partial charge in [-0.15, -0.1) is 0 Å². The Balaban J connectivity index is 2.02. The van der Waals surface area contributed by atoms with Crippen molar-refractivity contribution >= 4 is 24.4 Å². The van der Waals surface area contributed by atoms with Gasteiger partial charge in [-0.1, -0.05) is 0 Å². The molecule has 0 spiro atoms. The average Bonchev–Trinajstić information content (AvgIpc) is 2.65. The van der Waals surface area contributed by atoms with Crippen LogP contribution in [0.15, 0.2) is 12.4 Å². The number of amides is 1. The number of carbonyl (C=O) groups excluding carboxylic acids is 1. The van der Waals surface area contributed by atoms with E-state index in [9.17, 15) is 4.79 Å². The number of hydrogen-bond acceptors (Lipinski definition) is 6. The Morgan fingerprint density at radius 1 is 1.19 bits per heavy atom. The molecule has 0 unspecified atom stereocenters. The van der Waals surface area contributed by atoms with Crippen molar-refractivity contribution < 1.29 is 14.1 Å². The van der Waals surface area contributed by atoms with Gasteiger partial charge in [0.1, 0.15) is 0 Å². The molecule has 1 amide bonds. The molecule has 1 saturated heterocycles. The van der Waals surface area contributed by atoms with Crippen molar-refractivity contribution in [2.45, 2.75) is 38.9 Å². The van der Waals surface area contributed by atoms with Gasteiger partial charge in [0.2, 0.25) is 11.9 Å². The summed E-state index contributed by atoms with van der Waals surface area (Å²) in [5.74, 6) is 0.257. The Morgan fingerprint density at radius 3 is 2.19 bits per heavy atom. The minimum Gasteiger partial charge on any atom is -0.399 e. The number of rotatable bonds is 4. The molecular formula is C13H21BN4O3. The van der Waals surface area contributed by atoms with Gasteiger partial charge < -0.3 is 19.9 Å². The predicted molar refractivity (Wildman–Crippen MR) is 80.3 cm³/mol. The van der Waals surface area contributed by atoms with Gasteiger partial charge in [-0.2, -0.15) is 0 Å². The summed E-state index contributed by atoms with van der Waals surface area (Å²) >= 11 is 0. The highest BCUT2D eigenvalue weighted by molar-refractivity contribution is 6.61. The van der Waals surface area contributed by atoms with Gasteiger partial charge in [0.05, 0.1) is 17.7 Å². The largest absolute Gasteiger partial charge is 0.498 e. The van der Waals surface area contributed by atoms with Crippen LogP contribution in [-0.2, 0) is 14.1 Å². The number of likely N-dealkylation sites (N-methyl/N-ethyl adjacent to an activating group) is 1. The molecule has 2 heterocycles. The Labute approximate surface area is 125 Å². The Hall–Kier alpha value is -1.67. The van der Waals surface area contributed by atoms with E-state index in [-0.39, 0.29) is 12.5 Å². The molecule has 0 bridgehead atoms. The zero-order valence-corrected chi connectivity index (χ0v) is 13.1. The lowest BCUT2D eigenvalue weighted by Crippen LogP contribution is -2.41. The van der Waals surface area contributed by atoms with E-state index in [1.54, 1.807) is 19.4 Å². The maximum absolute atomic E-state index is 11.1. The minimum absolute atomic E-state index is 0.131. The summed E-state index contributed by atoms with van der Waals surface area (Å²) in [6.07, 6.45) is 3.28. The molecule has 0 radical (unpaired) electrons. The SMILES string of the molecule is CNC(=O)CNc1ncc(B2OC(C)(C)C(C)(C)O2)cn1. The van der Waals surface area contributed by atoms with Gasteiger partial charge >= 0.3 is 7.12 Å². The number of anilines is 1. The third kappa shape index (κ3) is 3.33. The van der Waals surface area contributed by atoms with Crippen LogP contribution in [0, 0.1) is 0 Å². The number of nitrogens with one attached hydrogen (secondary N) is 2. The fourth-order valence-electron chi connectivity index (χ4n) is 1.78. The molecule has 0 aromatic carbocycles. The molecule has 0 saturated carbocycles. The standard InChI is InChI=1S/C13H21BN4O3/c1-12(2)13(3,4)21-14(20-12)9-6-16-11(17-7-9)18-8-10(19)15-5/h6-7H,8H2,1-5H3,(H,15,19)(H,16,17,18). The molecule has 1 aromatic heterocycles.